The maximum absolute atomic E-state index is 8.25. The van der Waals surface area contributed by atoms with Gasteiger partial charge in [-0.05, 0) is 41.7 Å². The Hall–Kier alpha value is -3.48. The van der Waals surface area contributed by atoms with Crippen molar-refractivity contribution in [2.45, 2.75) is 18.4 Å². The van der Waals surface area contributed by atoms with Crippen LogP contribution in [0, 0.1) is 5.41 Å². The van der Waals surface area contributed by atoms with Crippen LogP contribution in [0.4, 0.5) is 0 Å². The van der Waals surface area contributed by atoms with Gasteiger partial charge in [0.25, 0.3) is 0 Å². The van der Waals surface area contributed by atoms with Crippen LogP contribution >= 0.6 is 0 Å². The Morgan fingerprint density at radius 3 is 2.59 bits per heavy atom. The second-order valence-electron chi connectivity index (χ2n) is 6.47. The molecule has 7 nitrogen and oxygen atoms in total. The summed E-state index contributed by atoms with van der Waals surface area (Å²) < 4.78 is 5.22. The van der Waals surface area contributed by atoms with Crippen LogP contribution in [0.2, 0.25) is 0 Å². The smallest absolute Gasteiger partial charge is 0.219 e. The molecule has 0 aromatic heterocycles. The molecule has 1 aliphatic carbocycles. The summed E-state index contributed by atoms with van der Waals surface area (Å²) in [6, 6.07) is 15.3. The summed E-state index contributed by atoms with van der Waals surface area (Å²) in [7, 11) is 1.60. The molecular weight excluding hydrogens is 340 g/mol. The average Bonchev–Trinajstić information content (AvgIpc) is 3.24. The number of methoxy groups -OCH3 is 1. The number of benzene rings is 2. The third kappa shape index (κ3) is 2.68. The third-order valence-corrected chi connectivity index (χ3v) is 4.92. The van der Waals surface area contributed by atoms with Crippen LogP contribution in [-0.2, 0) is 12.0 Å². The van der Waals surface area contributed by atoms with Crippen molar-refractivity contribution < 1.29 is 4.74 Å². The van der Waals surface area contributed by atoms with Gasteiger partial charge >= 0.3 is 0 Å². The lowest BCUT2D eigenvalue weighted by Gasteiger charge is -2.25. The molecular formula is C20H20N6O. The molecule has 1 heterocycles. The van der Waals surface area contributed by atoms with Crippen molar-refractivity contribution in [2.24, 2.45) is 26.4 Å². The maximum Gasteiger partial charge on any atom is 0.219 e. The van der Waals surface area contributed by atoms with Gasteiger partial charge in [0.15, 0.2) is 5.84 Å². The highest BCUT2D eigenvalue weighted by atomic mass is 16.5. The fourth-order valence-corrected chi connectivity index (χ4v) is 3.56. The number of rotatable bonds is 3. The van der Waals surface area contributed by atoms with Crippen LogP contribution < -0.4 is 16.2 Å². The van der Waals surface area contributed by atoms with E-state index in [0.29, 0.717) is 17.1 Å². The number of fused-ring (bicyclic) bond motifs is 1. The summed E-state index contributed by atoms with van der Waals surface area (Å²) >= 11 is 0. The average molecular weight is 360 g/mol. The standard InChI is InChI=1S/C20H20N6O/c1-27-14-9-7-13(8-10-14)20(17(21)22)18(25-19(23)26-20)24-16-11-6-12-4-2-3-5-15(12)16/h2-5,7-10H,6,11H2,1H3,(H3,21,22)(H2,23,26). The summed E-state index contributed by atoms with van der Waals surface area (Å²) in [5, 5.41) is 8.25. The normalized spacial score (nSPS) is 22.3. The number of ether oxygens (including phenoxy) is 1. The highest BCUT2D eigenvalue weighted by Crippen LogP contribution is 2.34. The zero-order valence-corrected chi connectivity index (χ0v) is 14.9. The van der Waals surface area contributed by atoms with Crippen LogP contribution in [0.25, 0.3) is 0 Å². The Morgan fingerprint density at radius 1 is 1.15 bits per heavy atom. The number of nitrogens with zero attached hydrogens (tertiary/aromatic N) is 3. The van der Waals surface area contributed by atoms with Gasteiger partial charge in [-0.25, -0.2) is 9.98 Å². The highest BCUT2D eigenvalue weighted by molar-refractivity contribution is 6.24. The van der Waals surface area contributed by atoms with Crippen molar-refractivity contribution in [3.63, 3.8) is 0 Å². The van der Waals surface area contributed by atoms with Crippen LogP contribution in [0.3, 0.4) is 0 Å². The van der Waals surface area contributed by atoms with E-state index in [1.807, 2.05) is 18.2 Å². The number of nitrogens with one attached hydrogen (secondary N) is 1. The summed E-state index contributed by atoms with van der Waals surface area (Å²) in [4.78, 5) is 13.5. The molecule has 2 aromatic carbocycles. The second kappa shape index (κ2) is 6.35. The molecule has 5 N–H and O–H groups in total. The molecule has 0 fully saturated rings. The SMILES string of the molecule is COc1ccc(C2(C(=N)N)N=C(N)N=C2N=C2CCc3ccccc32)cc1. The third-order valence-electron chi connectivity index (χ3n) is 4.92. The highest BCUT2D eigenvalue weighted by Gasteiger charge is 2.46. The Balaban J connectivity index is 1.83. The lowest BCUT2D eigenvalue weighted by molar-refractivity contribution is 0.414. The van der Waals surface area contributed by atoms with Crippen LogP contribution in [-0.4, -0.2) is 30.5 Å². The quantitative estimate of drug-likeness (QED) is 0.573. The molecule has 27 heavy (non-hydrogen) atoms. The molecule has 1 atom stereocenters. The molecule has 1 aliphatic heterocycles. The zero-order chi connectivity index (χ0) is 19.0. The molecule has 0 spiro atoms. The first-order chi connectivity index (χ1) is 13.0. The topological polar surface area (TPSA) is 122 Å². The van der Waals surface area contributed by atoms with Gasteiger partial charge in [0, 0.05) is 0 Å². The number of amidine groups is 2. The first-order valence-corrected chi connectivity index (χ1v) is 8.64. The number of aryl methyl sites for hydroxylation is 1. The lowest BCUT2D eigenvalue weighted by atomic mass is 9.88. The summed E-state index contributed by atoms with van der Waals surface area (Å²) in [5.41, 5.74) is 14.5. The lowest BCUT2D eigenvalue weighted by Crippen LogP contribution is -2.44. The molecule has 0 saturated heterocycles. The van der Waals surface area contributed by atoms with E-state index in [-0.39, 0.29) is 11.8 Å². The fourth-order valence-electron chi connectivity index (χ4n) is 3.56. The van der Waals surface area contributed by atoms with Crippen LogP contribution in [0.1, 0.15) is 23.1 Å². The minimum Gasteiger partial charge on any atom is -0.497 e. The molecule has 0 bridgehead atoms. The molecule has 136 valence electrons. The van der Waals surface area contributed by atoms with Crippen molar-refractivity contribution in [2.75, 3.05) is 7.11 Å². The van der Waals surface area contributed by atoms with Crippen molar-refractivity contribution in [3.8, 4) is 5.75 Å². The number of hydrogen-bond acceptors (Lipinski definition) is 6. The molecule has 7 heteroatoms. The van der Waals surface area contributed by atoms with Gasteiger partial charge in [-0.2, -0.15) is 4.99 Å². The van der Waals surface area contributed by atoms with Gasteiger partial charge < -0.3 is 16.2 Å². The minimum absolute atomic E-state index is 0.0617. The Kier molecular flexibility index (Phi) is 3.99. The molecule has 2 aromatic rings. The predicted octanol–water partition coefficient (Wildman–Crippen LogP) is 1.99. The number of nitrogens with two attached hydrogens (primary N) is 2. The van der Waals surface area contributed by atoms with Crippen molar-refractivity contribution in [1.82, 2.24) is 0 Å². The van der Waals surface area contributed by atoms with E-state index < -0.39 is 5.54 Å². The molecule has 2 aliphatic rings. The van der Waals surface area contributed by atoms with Gasteiger partial charge in [0.05, 0.1) is 12.8 Å². The Morgan fingerprint density at radius 2 is 1.89 bits per heavy atom. The van der Waals surface area contributed by atoms with Gasteiger partial charge in [0.2, 0.25) is 11.5 Å². The van der Waals surface area contributed by atoms with Crippen molar-refractivity contribution in [3.05, 3.63) is 65.2 Å². The van der Waals surface area contributed by atoms with E-state index in [4.69, 9.17) is 26.6 Å². The largest absolute Gasteiger partial charge is 0.497 e. The summed E-state index contributed by atoms with van der Waals surface area (Å²) in [6.45, 7) is 0. The van der Waals surface area contributed by atoms with Crippen molar-refractivity contribution >= 4 is 23.3 Å². The van der Waals surface area contributed by atoms with E-state index in [0.717, 1.165) is 24.1 Å². The van der Waals surface area contributed by atoms with E-state index in [1.165, 1.54) is 5.56 Å². The van der Waals surface area contributed by atoms with Gasteiger partial charge in [-0.15, -0.1) is 0 Å². The van der Waals surface area contributed by atoms with Crippen molar-refractivity contribution in [1.29, 1.82) is 5.41 Å². The van der Waals surface area contributed by atoms with Crippen LogP contribution in [0.5, 0.6) is 5.75 Å². The van der Waals surface area contributed by atoms with Gasteiger partial charge in [0.1, 0.15) is 11.6 Å². The monoisotopic (exact) mass is 360 g/mol. The van der Waals surface area contributed by atoms with Gasteiger partial charge in [-0.3, -0.25) is 5.41 Å². The molecule has 4 rings (SSSR count). The summed E-state index contributed by atoms with van der Waals surface area (Å²) in [5.74, 6) is 0.903. The Bertz CT molecular complexity index is 1010. The molecule has 0 amide bonds. The second-order valence-corrected chi connectivity index (χ2v) is 6.47. The van der Waals surface area contributed by atoms with Crippen LogP contribution in [0.15, 0.2) is 63.5 Å². The number of guanidine groups is 1. The fraction of sp³-hybridized carbons (Fsp3) is 0.200. The first kappa shape index (κ1) is 17.0. The summed E-state index contributed by atoms with van der Waals surface area (Å²) in [6.07, 6.45) is 1.73. The van der Waals surface area contributed by atoms with E-state index >= 15 is 0 Å². The molecule has 1 unspecified atom stereocenters. The Labute approximate surface area is 157 Å². The van der Waals surface area contributed by atoms with E-state index in [2.05, 4.69) is 16.1 Å². The minimum atomic E-state index is -1.32. The maximum atomic E-state index is 8.25. The molecule has 0 saturated carbocycles. The van der Waals surface area contributed by atoms with Gasteiger partial charge in [-0.1, -0.05) is 36.4 Å². The predicted molar refractivity (Wildman–Crippen MR) is 107 cm³/mol. The zero-order valence-electron chi connectivity index (χ0n) is 14.9. The molecule has 0 radical (unpaired) electrons. The first-order valence-electron chi connectivity index (χ1n) is 8.64. The number of aliphatic imine (C=N–C) groups is 3. The number of hydrogen-bond donors (Lipinski definition) is 3. The van der Waals surface area contributed by atoms with E-state index in [9.17, 15) is 0 Å². The van der Waals surface area contributed by atoms with E-state index in [1.54, 1.807) is 31.4 Å².